The van der Waals surface area contributed by atoms with Crippen molar-refractivity contribution in [2.45, 2.75) is 136 Å². The minimum absolute atomic E-state index is 0.0150. The van der Waals surface area contributed by atoms with Crippen molar-refractivity contribution in [1.82, 2.24) is 35.6 Å². The molecule has 3 N–H and O–H groups in total. The first-order valence-electron chi connectivity index (χ1n) is 22.1. The first kappa shape index (κ1) is 50.9. The second kappa shape index (κ2) is 25.5. The Morgan fingerprint density at radius 2 is 1.65 bits per heavy atom. The number of rotatable bonds is 26. The van der Waals surface area contributed by atoms with E-state index in [2.05, 4.69) is 39.7 Å². The van der Waals surface area contributed by atoms with Crippen LogP contribution in [-0.4, -0.2) is 135 Å². The second-order valence-electron chi connectivity index (χ2n) is 17.4. The summed E-state index contributed by atoms with van der Waals surface area (Å²) >= 11 is 1.51. The lowest BCUT2D eigenvalue weighted by Gasteiger charge is -2.41. The summed E-state index contributed by atoms with van der Waals surface area (Å²) in [7, 11) is 8.87. The summed E-state index contributed by atoms with van der Waals surface area (Å²) in [5, 5.41) is 12.3. The molecule has 0 radical (unpaired) electrons. The fourth-order valence-corrected chi connectivity index (χ4v) is 9.54. The molecule has 0 aliphatic carbocycles. The van der Waals surface area contributed by atoms with E-state index in [4.69, 9.17) is 9.47 Å². The highest BCUT2D eigenvalue weighted by molar-refractivity contribution is 7.09. The maximum Gasteiger partial charge on any atom is 0.245 e. The molecule has 60 heavy (non-hydrogen) atoms. The number of carbonyl (C=O) groups excluding carboxylic acids is 4. The van der Waals surface area contributed by atoms with Crippen LogP contribution in [0, 0.1) is 23.7 Å². The Kier molecular flexibility index (Phi) is 21.6. The Morgan fingerprint density at radius 1 is 0.950 bits per heavy atom. The second-order valence-corrected chi connectivity index (χ2v) is 18.3. The summed E-state index contributed by atoms with van der Waals surface area (Å²) < 4.78 is 12.2. The monoisotopic (exact) mass is 856 g/mol. The van der Waals surface area contributed by atoms with Crippen molar-refractivity contribution in [2.75, 3.05) is 55.0 Å². The van der Waals surface area contributed by atoms with E-state index in [9.17, 15) is 19.2 Å². The number of likely N-dealkylation sites (N-methyl/N-ethyl adjacent to an activating group) is 2. The van der Waals surface area contributed by atoms with Crippen LogP contribution in [0.1, 0.15) is 104 Å². The average molecular weight is 856 g/mol. The molecule has 1 aliphatic rings. The van der Waals surface area contributed by atoms with Crippen LogP contribution in [0.25, 0.3) is 0 Å². The molecule has 4 amide bonds. The molecule has 0 bridgehead atoms. The summed E-state index contributed by atoms with van der Waals surface area (Å²) in [5.74, 6) is -1.35. The molecule has 0 unspecified atom stereocenters. The summed E-state index contributed by atoms with van der Waals surface area (Å²) in [6.45, 7) is 16.2. The van der Waals surface area contributed by atoms with Crippen LogP contribution < -0.4 is 16.0 Å². The number of nitrogens with one attached hydrogen (secondary N) is 3. The van der Waals surface area contributed by atoms with Crippen molar-refractivity contribution in [1.29, 1.82) is 0 Å². The zero-order valence-corrected chi connectivity index (χ0v) is 39.4. The Bertz CT molecular complexity index is 1580. The van der Waals surface area contributed by atoms with Gasteiger partial charge in [0.1, 0.15) is 11.0 Å². The quantitative estimate of drug-likeness (QED) is 0.104. The molecule has 13 nitrogen and oxygen atoms in total. The molecule has 1 saturated heterocycles. The molecule has 1 aliphatic heterocycles. The average Bonchev–Trinajstić information content (AvgIpc) is 3.95. The molecule has 338 valence electrons. The summed E-state index contributed by atoms with van der Waals surface area (Å²) in [4.78, 5) is 67.0. The van der Waals surface area contributed by atoms with Gasteiger partial charge >= 0.3 is 0 Å². The van der Waals surface area contributed by atoms with Gasteiger partial charge in [0.25, 0.3) is 0 Å². The lowest BCUT2D eigenvalue weighted by molar-refractivity contribution is -0.148. The van der Waals surface area contributed by atoms with Crippen LogP contribution in [0.5, 0.6) is 0 Å². The predicted molar refractivity (Wildman–Crippen MR) is 240 cm³/mol. The lowest BCUT2D eigenvalue weighted by atomic mass is 9.89. The molecule has 9 atom stereocenters. The summed E-state index contributed by atoms with van der Waals surface area (Å²) in [6.07, 6.45) is 5.44. The van der Waals surface area contributed by atoms with Gasteiger partial charge in [-0.05, 0) is 82.6 Å². The van der Waals surface area contributed by atoms with Crippen LogP contribution in [0.4, 0.5) is 0 Å². The van der Waals surface area contributed by atoms with Gasteiger partial charge in [0.15, 0.2) is 0 Å². The number of hydrogen-bond donors (Lipinski definition) is 3. The van der Waals surface area contributed by atoms with E-state index in [1.165, 1.54) is 11.3 Å². The minimum Gasteiger partial charge on any atom is -0.379 e. The molecule has 0 spiro atoms. The Balaban J connectivity index is 1.77. The van der Waals surface area contributed by atoms with Gasteiger partial charge in [-0.3, -0.25) is 24.1 Å². The van der Waals surface area contributed by atoms with Crippen molar-refractivity contribution in [3.63, 3.8) is 0 Å². The van der Waals surface area contributed by atoms with E-state index in [0.29, 0.717) is 19.4 Å². The number of likely N-dealkylation sites (tertiary alicyclic amines) is 1. The van der Waals surface area contributed by atoms with E-state index < -0.39 is 30.2 Å². The van der Waals surface area contributed by atoms with E-state index in [0.717, 1.165) is 49.3 Å². The molecule has 1 aromatic carbocycles. The third-order valence-corrected chi connectivity index (χ3v) is 13.3. The third kappa shape index (κ3) is 14.1. The molecule has 2 aromatic rings. The standard InChI is InChI=1S/C46H77N7O6S/c1-13-32(6)41(52(10)46(57)39(30(2)3)50-44(56)40(31(4)5)51(9)25-18-17-23-47-8)37(58-11)29-38(54)53-26-19-22-36(53)42(59-12)33(7)43(55)49-35(45-48-24-27-60-45)28-34-20-15-14-16-21-34/h14-16,20-21,24,27,30-33,35-37,39-42,47H,13,17-19,22-23,25-26,28-29H2,1-12H3,(H,49,55)(H,50,56)/t32-,33+,35-,36-,37+,39-,40-,41-,42+/m0/s1. The fourth-order valence-electron chi connectivity index (χ4n) is 8.85. The lowest BCUT2D eigenvalue weighted by Crippen LogP contribution is -2.60. The van der Waals surface area contributed by atoms with Gasteiger partial charge in [0.2, 0.25) is 23.6 Å². The normalized spacial score (nSPS) is 18.4. The maximum atomic E-state index is 14.5. The van der Waals surface area contributed by atoms with Gasteiger partial charge in [-0.1, -0.05) is 85.2 Å². The number of unbranched alkanes of at least 4 members (excludes halogenated alkanes) is 1. The maximum absolute atomic E-state index is 14.5. The van der Waals surface area contributed by atoms with Crippen LogP contribution >= 0.6 is 11.3 Å². The zero-order chi connectivity index (χ0) is 44.5. The van der Waals surface area contributed by atoms with Gasteiger partial charge in [-0.25, -0.2) is 4.98 Å². The topological polar surface area (TPSA) is 145 Å². The van der Waals surface area contributed by atoms with Crippen molar-refractivity contribution in [3.05, 3.63) is 52.5 Å². The number of benzene rings is 1. The number of methoxy groups -OCH3 is 2. The SMILES string of the molecule is CC[C@H](C)[C@@H]([C@@H](CC(=O)N1CCC[C@H]1[C@H](OC)[C@@H](C)C(=O)N[C@@H](Cc1ccccc1)c1nccs1)OC)N(C)C(=O)[C@@H](NC(=O)[C@H](C(C)C)N(C)CCCCNC)C(C)C. The van der Waals surface area contributed by atoms with Gasteiger partial charge < -0.3 is 35.2 Å². The number of hydrogen-bond acceptors (Lipinski definition) is 10. The number of carbonyl (C=O) groups is 4. The number of amides is 4. The predicted octanol–water partition coefficient (Wildman–Crippen LogP) is 5.56. The molecule has 1 aromatic heterocycles. The number of aromatic nitrogens is 1. The molecule has 1 fully saturated rings. The fraction of sp³-hybridized carbons (Fsp3) is 0.717. The van der Waals surface area contributed by atoms with Gasteiger partial charge in [-0.15, -0.1) is 11.3 Å². The largest absolute Gasteiger partial charge is 0.379 e. The Hall–Kier alpha value is -3.43. The highest BCUT2D eigenvalue weighted by atomic mass is 32.1. The van der Waals surface area contributed by atoms with E-state index in [-0.39, 0.29) is 65.9 Å². The van der Waals surface area contributed by atoms with Crippen molar-refractivity contribution >= 4 is 35.0 Å². The Labute approximate surface area is 365 Å². The van der Waals surface area contributed by atoms with E-state index in [1.54, 1.807) is 32.4 Å². The van der Waals surface area contributed by atoms with Gasteiger partial charge in [0, 0.05) is 39.4 Å². The van der Waals surface area contributed by atoms with Crippen LogP contribution in [0.2, 0.25) is 0 Å². The first-order valence-corrected chi connectivity index (χ1v) is 23.0. The first-order chi connectivity index (χ1) is 28.6. The highest BCUT2D eigenvalue weighted by Crippen LogP contribution is 2.30. The van der Waals surface area contributed by atoms with Gasteiger partial charge in [0.05, 0.1) is 48.7 Å². The van der Waals surface area contributed by atoms with Crippen molar-refractivity contribution in [2.24, 2.45) is 23.7 Å². The van der Waals surface area contributed by atoms with Crippen LogP contribution in [0.3, 0.4) is 0 Å². The molecular formula is C46H77N7O6S. The van der Waals surface area contributed by atoms with Crippen molar-refractivity contribution in [3.8, 4) is 0 Å². The van der Waals surface area contributed by atoms with Gasteiger partial charge in [-0.2, -0.15) is 0 Å². The number of nitrogens with zero attached hydrogens (tertiary/aromatic N) is 4. The smallest absolute Gasteiger partial charge is 0.245 e. The number of ether oxygens (including phenoxy) is 2. The van der Waals surface area contributed by atoms with E-state index in [1.807, 2.05) is 89.3 Å². The summed E-state index contributed by atoms with van der Waals surface area (Å²) in [5.41, 5.74) is 1.09. The molecule has 3 rings (SSSR count). The molecule has 2 heterocycles. The minimum atomic E-state index is -0.762. The Morgan fingerprint density at radius 3 is 2.22 bits per heavy atom. The highest BCUT2D eigenvalue weighted by Gasteiger charge is 2.43. The van der Waals surface area contributed by atoms with Crippen LogP contribution in [0.15, 0.2) is 41.9 Å². The van der Waals surface area contributed by atoms with Crippen LogP contribution in [-0.2, 0) is 35.1 Å². The van der Waals surface area contributed by atoms with E-state index >= 15 is 0 Å². The zero-order valence-electron chi connectivity index (χ0n) is 38.6. The van der Waals surface area contributed by atoms with Crippen molar-refractivity contribution < 1.29 is 28.7 Å². The molecule has 14 heteroatoms. The number of thiazole rings is 1. The summed E-state index contributed by atoms with van der Waals surface area (Å²) in [6, 6.07) is 7.82. The molecule has 0 saturated carbocycles. The third-order valence-electron chi connectivity index (χ3n) is 12.4. The molecular weight excluding hydrogens is 779 g/mol.